The van der Waals surface area contributed by atoms with E-state index in [4.69, 9.17) is 10.1 Å². The maximum Gasteiger partial charge on any atom is 0.252 e. The molecule has 3 heterocycles. The van der Waals surface area contributed by atoms with Gasteiger partial charge < -0.3 is 10.6 Å². The molecule has 154 valence electrons. The van der Waals surface area contributed by atoms with Crippen molar-refractivity contribution in [3.63, 3.8) is 0 Å². The van der Waals surface area contributed by atoms with Crippen LogP contribution in [0.3, 0.4) is 0 Å². The van der Waals surface area contributed by atoms with Gasteiger partial charge in [0.1, 0.15) is 0 Å². The Balaban J connectivity index is 1.90. The van der Waals surface area contributed by atoms with Gasteiger partial charge in [-0.2, -0.15) is 5.10 Å². The minimum absolute atomic E-state index is 0.0407. The summed E-state index contributed by atoms with van der Waals surface area (Å²) >= 11 is 0. The Labute approximate surface area is 167 Å². The van der Waals surface area contributed by atoms with Gasteiger partial charge in [-0.1, -0.05) is 13.8 Å². The Morgan fingerprint density at radius 3 is 2.57 bits per heavy atom. The van der Waals surface area contributed by atoms with Crippen LogP contribution in [0.4, 0.5) is 0 Å². The highest BCUT2D eigenvalue weighted by Gasteiger charge is 2.25. The Kier molecular flexibility index (Phi) is 6.05. The summed E-state index contributed by atoms with van der Waals surface area (Å²) in [5, 5.41) is 12.0. The van der Waals surface area contributed by atoms with Crippen LogP contribution in [-0.2, 0) is 5.54 Å². The standard InChI is InChI=1S/C21H34N6O/c1-14(2)17-13-16(20(28)23-9-12-26-10-7-22-8-11-26)18-15(3)25-27(19(18)24-17)21(4,5)6/h13-14,22H,7-12H2,1-6H3,(H,23,28). The fourth-order valence-corrected chi connectivity index (χ4v) is 3.61. The largest absolute Gasteiger partial charge is 0.351 e. The van der Waals surface area contributed by atoms with Crippen LogP contribution in [-0.4, -0.2) is 64.8 Å². The summed E-state index contributed by atoms with van der Waals surface area (Å²) < 4.78 is 1.95. The molecule has 0 aliphatic carbocycles. The van der Waals surface area contributed by atoms with Crippen molar-refractivity contribution in [1.29, 1.82) is 0 Å². The predicted octanol–water partition coefficient (Wildman–Crippen LogP) is 2.25. The summed E-state index contributed by atoms with van der Waals surface area (Å²) in [6, 6.07) is 1.94. The molecule has 1 amide bonds. The van der Waals surface area contributed by atoms with Crippen molar-refractivity contribution in [2.75, 3.05) is 39.3 Å². The number of aryl methyl sites for hydroxylation is 1. The van der Waals surface area contributed by atoms with Crippen molar-refractivity contribution >= 4 is 16.9 Å². The zero-order valence-electron chi connectivity index (χ0n) is 18.1. The van der Waals surface area contributed by atoms with Gasteiger partial charge >= 0.3 is 0 Å². The second-order valence-corrected chi connectivity index (χ2v) is 8.96. The topological polar surface area (TPSA) is 75.1 Å². The quantitative estimate of drug-likeness (QED) is 0.824. The number of piperazine rings is 1. The summed E-state index contributed by atoms with van der Waals surface area (Å²) in [4.78, 5) is 20.3. The highest BCUT2D eigenvalue weighted by molar-refractivity contribution is 6.06. The number of nitrogens with zero attached hydrogens (tertiary/aromatic N) is 4. The molecule has 0 bridgehead atoms. The van der Waals surface area contributed by atoms with Gasteiger partial charge in [-0.3, -0.25) is 9.69 Å². The fourth-order valence-electron chi connectivity index (χ4n) is 3.61. The van der Waals surface area contributed by atoms with Crippen LogP contribution in [0.5, 0.6) is 0 Å². The number of pyridine rings is 1. The maximum atomic E-state index is 13.1. The number of rotatable bonds is 5. The Hall–Kier alpha value is -1.99. The van der Waals surface area contributed by atoms with Crippen LogP contribution in [0.2, 0.25) is 0 Å². The van der Waals surface area contributed by atoms with Crippen molar-refractivity contribution in [1.82, 2.24) is 30.3 Å². The Morgan fingerprint density at radius 1 is 1.29 bits per heavy atom. The summed E-state index contributed by atoms with van der Waals surface area (Å²) in [6.07, 6.45) is 0. The summed E-state index contributed by atoms with van der Waals surface area (Å²) in [6.45, 7) is 18.1. The van der Waals surface area contributed by atoms with E-state index in [0.29, 0.717) is 12.1 Å². The van der Waals surface area contributed by atoms with Crippen molar-refractivity contribution < 1.29 is 4.79 Å². The van der Waals surface area contributed by atoms with Crippen LogP contribution in [0.15, 0.2) is 6.07 Å². The zero-order valence-corrected chi connectivity index (χ0v) is 18.1. The van der Waals surface area contributed by atoms with Gasteiger partial charge in [0, 0.05) is 45.0 Å². The van der Waals surface area contributed by atoms with Crippen molar-refractivity contribution in [3.8, 4) is 0 Å². The van der Waals surface area contributed by atoms with Gasteiger partial charge in [0.15, 0.2) is 5.65 Å². The number of nitrogens with one attached hydrogen (secondary N) is 2. The van der Waals surface area contributed by atoms with Crippen molar-refractivity contribution in [3.05, 3.63) is 23.0 Å². The van der Waals surface area contributed by atoms with Crippen LogP contribution < -0.4 is 10.6 Å². The second-order valence-electron chi connectivity index (χ2n) is 8.96. The number of carbonyl (C=O) groups is 1. The van der Waals surface area contributed by atoms with Crippen LogP contribution in [0.1, 0.15) is 62.3 Å². The van der Waals surface area contributed by atoms with Crippen LogP contribution >= 0.6 is 0 Å². The van der Waals surface area contributed by atoms with Gasteiger partial charge in [-0.15, -0.1) is 0 Å². The molecule has 2 N–H and O–H groups in total. The lowest BCUT2D eigenvalue weighted by Gasteiger charge is -2.27. The lowest BCUT2D eigenvalue weighted by Crippen LogP contribution is -2.46. The number of hydrogen-bond donors (Lipinski definition) is 2. The Bertz CT molecular complexity index is 843. The highest BCUT2D eigenvalue weighted by Crippen LogP contribution is 2.28. The number of hydrogen-bond acceptors (Lipinski definition) is 5. The third-order valence-corrected chi connectivity index (χ3v) is 5.23. The summed E-state index contributed by atoms with van der Waals surface area (Å²) in [5.41, 5.74) is 3.04. The molecule has 1 fully saturated rings. The monoisotopic (exact) mass is 386 g/mol. The molecule has 0 atom stereocenters. The van der Waals surface area contributed by atoms with Gasteiger partial charge in [0.05, 0.1) is 22.2 Å². The molecule has 28 heavy (non-hydrogen) atoms. The average Bonchev–Trinajstić information content (AvgIpc) is 2.99. The van der Waals surface area contributed by atoms with E-state index in [1.54, 1.807) is 0 Å². The molecule has 1 aliphatic rings. The SMILES string of the molecule is Cc1nn(C(C)(C)C)c2nc(C(C)C)cc(C(=O)NCCN3CCNCC3)c12. The normalized spacial score (nSPS) is 16.1. The first kappa shape index (κ1) is 20.7. The van der Waals surface area contributed by atoms with E-state index in [1.807, 2.05) is 17.7 Å². The molecular weight excluding hydrogens is 352 g/mol. The van der Waals surface area contributed by atoms with Crippen LogP contribution in [0, 0.1) is 6.92 Å². The van der Waals surface area contributed by atoms with Crippen LogP contribution in [0.25, 0.3) is 11.0 Å². The molecule has 0 aromatic carbocycles. The van der Waals surface area contributed by atoms with E-state index < -0.39 is 0 Å². The molecule has 0 saturated carbocycles. The van der Waals surface area contributed by atoms with Gasteiger partial charge in [-0.05, 0) is 39.7 Å². The van der Waals surface area contributed by atoms with E-state index in [2.05, 4.69) is 50.2 Å². The van der Waals surface area contributed by atoms with Crippen molar-refractivity contribution in [2.45, 2.75) is 53.0 Å². The predicted molar refractivity (Wildman–Crippen MR) is 113 cm³/mol. The molecule has 1 saturated heterocycles. The van der Waals surface area contributed by atoms with E-state index in [1.165, 1.54) is 0 Å². The molecule has 1 aliphatic heterocycles. The summed E-state index contributed by atoms with van der Waals surface area (Å²) in [7, 11) is 0. The first-order valence-electron chi connectivity index (χ1n) is 10.3. The average molecular weight is 387 g/mol. The maximum absolute atomic E-state index is 13.1. The lowest BCUT2D eigenvalue weighted by molar-refractivity contribution is 0.0948. The van der Waals surface area contributed by atoms with E-state index >= 15 is 0 Å². The molecule has 0 radical (unpaired) electrons. The summed E-state index contributed by atoms with van der Waals surface area (Å²) in [5.74, 6) is 0.196. The number of aromatic nitrogens is 3. The highest BCUT2D eigenvalue weighted by atomic mass is 16.1. The van der Waals surface area contributed by atoms with Gasteiger partial charge in [0.2, 0.25) is 0 Å². The molecule has 7 nitrogen and oxygen atoms in total. The molecule has 2 aromatic heterocycles. The molecular formula is C21H34N6O. The smallest absolute Gasteiger partial charge is 0.252 e. The van der Waals surface area contributed by atoms with E-state index in [9.17, 15) is 4.79 Å². The molecule has 7 heteroatoms. The second kappa shape index (κ2) is 8.17. The fraction of sp³-hybridized carbons (Fsp3) is 0.667. The number of carbonyl (C=O) groups excluding carboxylic acids is 1. The van der Waals surface area contributed by atoms with Crippen molar-refractivity contribution in [2.24, 2.45) is 0 Å². The molecule has 3 rings (SSSR count). The molecule has 0 spiro atoms. The zero-order chi connectivity index (χ0) is 20.5. The third-order valence-electron chi connectivity index (χ3n) is 5.23. The minimum atomic E-state index is -0.203. The third kappa shape index (κ3) is 4.36. The first-order valence-corrected chi connectivity index (χ1v) is 10.3. The van der Waals surface area contributed by atoms with Gasteiger partial charge in [-0.25, -0.2) is 9.67 Å². The lowest BCUT2D eigenvalue weighted by atomic mass is 10.0. The molecule has 2 aromatic rings. The minimum Gasteiger partial charge on any atom is -0.351 e. The molecule has 0 unspecified atom stereocenters. The Morgan fingerprint density at radius 2 is 1.96 bits per heavy atom. The number of fused-ring (bicyclic) bond motifs is 1. The number of amides is 1. The first-order chi connectivity index (χ1) is 13.2. The van der Waals surface area contributed by atoms with Gasteiger partial charge in [0.25, 0.3) is 5.91 Å². The van der Waals surface area contributed by atoms with E-state index in [-0.39, 0.29) is 17.4 Å². The van der Waals surface area contributed by atoms with E-state index in [0.717, 1.165) is 55.1 Å².